The van der Waals surface area contributed by atoms with Crippen LogP contribution < -0.4 is 5.14 Å². The lowest BCUT2D eigenvalue weighted by molar-refractivity contribution is 0.103. The van der Waals surface area contributed by atoms with Crippen molar-refractivity contribution in [3.8, 4) is 0 Å². The van der Waals surface area contributed by atoms with Crippen LogP contribution in [0.3, 0.4) is 0 Å². The van der Waals surface area contributed by atoms with E-state index in [0.717, 1.165) is 0 Å². The van der Waals surface area contributed by atoms with Gasteiger partial charge in [0.15, 0.2) is 0 Å². The third-order valence-corrected chi connectivity index (χ3v) is 6.04. The third kappa shape index (κ3) is 4.05. The molecular weight excluding hydrogens is 379 g/mol. The fourth-order valence-electron chi connectivity index (χ4n) is 3.37. The molecule has 0 aliphatic heterocycles. The van der Waals surface area contributed by atoms with Crippen LogP contribution in [-0.4, -0.2) is 18.8 Å². The summed E-state index contributed by atoms with van der Waals surface area (Å²) >= 11 is 0. The van der Waals surface area contributed by atoms with Gasteiger partial charge in [-0.3, -0.25) is 4.79 Å². The number of aromatic nitrogens is 1. The molecule has 7 heteroatoms. The van der Waals surface area contributed by atoms with Crippen LogP contribution in [0.5, 0.6) is 0 Å². The van der Waals surface area contributed by atoms with Crippen LogP contribution in [0.4, 0.5) is 4.39 Å². The van der Waals surface area contributed by atoms with Gasteiger partial charge in [-0.25, -0.2) is 17.9 Å². The maximum atomic E-state index is 13.1. The van der Waals surface area contributed by atoms with E-state index in [4.69, 9.17) is 5.14 Å². The minimum Gasteiger partial charge on any atom is -0.345 e. The molecule has 28 heavy (non-hydrogen) atoms. The Morgan fingerprint density at radius 3 is 2.29 bits per heavy atom. The highest BCUT2D eigenvalue weighted by Crippen LogP contribution is 2.27. The number of primary sulfonamides is 1. The van der Waals surface area contributed by atoms with Gasteiger partial charge in [-0.2, -0.15) is 0 Å². The molecule has 3 rings (SSSR count). The lowest BCUT2D eigenvalue weighted by Crippen LogP contribution is -2.24. The quantitative estimate of drug-likeness (QED) is 0.645. The number of rotatable bonds is 6. The molecule has 2 aromatic carbocycles. The number of carbonyl (C=O) groups excluding carboxylic acids is 1. The van der Waals surface area contributed by atoms with Crippen molar-refractivity contribution in [2.45, 2.75) is 18.6 Å². The van der Waals surface area contributed by atoms with E-state index in [0.29, 0.717) is 28.1 Å². The van der Waals surface area contributed by atoms with Crippen LogP contribution in [0.2, 0.25) is 0 Å². The number of benzene rings is 2. The molecule has 5 nitrogen and oxygen atoms in total. The number of ketones is 1. The van der Waals surface area contributed by atoms with Crippen molar-refractivity contribution in [2.24, 2.45) is 12.2 Å². The Kier molecular flexibility index (Phi) is 5.49. The molecular formula is C21H21FN2O3S. The minimum absolute atomic E-state index is 0.136. The van der Waals surface area contributed by atoms with Gasteiger partial charge in [0, 0.05) is 24.7 Å². The van der Waals surface area contributed by atoms with Crippen molar-refractivity contribution in [1.82, 2.24) is 4.57 Å². The Labute approximate surface area is 163 Å². The van der Waals surface area contributed by atoms with Gasteiger partial charge < -0.3 is 4.57 Å². The molecule has 0 saturated carbocycles. The van der Waals surface area contributed by atoms with Gasteiger partial charge in [0.05, 0.1) is 5.69 Å². The van der Waals surface area contributed by atoms with E-state index in [1.807, 2.05) is 0 Å². The number of nitrogens with zero attached hydrogens (tertiary/aromatic N) is 1. The number of aryl methyl sites for hydroxylation is 1. The van der Waals surface area contributed by atoms with E-state index in [1.165, 1.54) is 24.3 Å². The molecule has 0 spiro atoms. The second-order valence-electron chi connectivity index (χ2n) is 6.75. The fourth-order valence-corrected chi connectivity index (χ4v) is 4.31. The summed E-state index contributed by atoms with van der Waals surface area (Å²) in [6.07, 6.45) is 0.136. The summed E-state index contributed by atoms with van der Waals surface area (Å²) in [5.74, 6) is -0.669. The molecule has 0 aliphatic rings. The first-order chi connectivity index (χ1) is 13.2. The largest absolute Gasteiger partial charge is 0.345 e. The summed E-state index contributed by atoms with van der Waals surface area (Å²) in [7, 11) is -2.14. The number of hydrogen-bond donors (Lipinski definition) is 1. The molecule has 0 saturated heterocycles. The van der Waals surface area contributed by atoms with E-state index < -0.39 is 21.1 Å². The van der Waals surface area contributed by atoms with Crippen LogP contribution in [0, 0.1) is 12.7 Å². The van der Waals surface area contributed by atoms with Crippen molar-refractivity contribution in [1.29, 1.82) is 0 Å². The predicted octanol–water partition coefficient (Wildman–Crippen LogP) is 3.28. The van der Waals surface area contributed by atoms with Gasteiger partial charge in [0.2, 0.25) is 15.8 Å². The first-order valence-electron chi connectivity index (χ1n) is 8.70. The number of sulfonamides is 1. The molecule has 0 aliphatic carbocycles. The summed E-state index contributed by atoms with van der Waals surface area (Å²) in [5, 5.41) is 4.56. The first-order valence-corrected chi connectivity index (χ1v) is 10.3. The summed E-state index contributed by atoms with van der Waals surface area (Å²) < 4.78 is 39.2. The van der Waals surface area contributed by atoms with E-state index >= 15 is 0 Å². The van der Waals surface area contributed by atoms with Gasteiger partial charge in [0.25, 0.3) is 0 Å². The van der Waals surface area contributed by atoms with E-state index in [9.17, 15) is 17.6 Å². The number of halogens is 1. The van der Waals surface area contributed by atoms with Crippen LogP contribution in [0.15, 0.2) is 60.7 Å². The molecule has 0 fully saturated rings. The third-order valence-electron chi connectivity index (χ3n) is 4.81. The van der Waals surface area contributed by atoms with Crippen molar-refractivity contribution in [2.75, 3.05) is 0 Å². The molecule has 0 bridgehead atoms. The number of nitrogens with two attached hydrogens (primary N) is 1. The topological polar surface area (TPSA) is 82.2 Å². The molecule has 1 heterocycles. The van der Waals surface area contributed by atoms with Gasteiger partial charge in [0.1, 0.15) is 11.1 Å². The monoisotopic (exact) mass is 400 g/mol. The smallest absolute Gasteiger partial charge is 0.216 e. The zero-order chi connectivity index (χ0) is 20.5. The van der Waals surface area contributed by atoms with Crippen molar-refractivity contribution < 1.29 is 17.6 Å². The average Bonchev–Trinajstić information content (AvgIpc) is 2.93. The predicted molar refractivity (Wildman–Crippen MR) is 106 cm³/mol. The summed E-state index contributed by atoms with van der Waals surface area (Å²) in [6, 6.07) is 15.9. The summed E-state index contributed by atoms with van der Waals surface area (Å²) in [4.78, 5) is 12.9. The Hall–Kier alpha value is -2.77. The lowest BCUT2D eigenvalue weighted by atomic mass is 10.1. The molecule has 146 valence electrons. The fraction of sp³-hybridized carbons (Fsp3) is 0.190. The SMILES string of the molecule is Cc1cc(CC(c2ccccc2)S(N)(=O)=O)n(C)c1C(=O)c1ccc(F)cc1. The Morgan fingerprint density at radius 1 is 1.11 bits per heavy atom. The van der Waals surface area contributed by atoms with E-state index in [1.54, 1.807) is 54.9 Å². The van der Waals surface area contributed by atoms with Crippen LogP contribution >= 0.6 is 0 Å². The highest BCUT2D eigenvalue weighted by molar-refractivity contribution is 7.89. The Morgan fingerprint density at radius 2 is 1.71 bits per heavy atom. The van der Waals surface area contributed by atoms with Crippen LogP contribution in [0.25, 0.3) is 0 Å². The Balaban J connectivity index is 1.99. The molecule has 1 aromatic heterocycles. The molecule has 1 atom stereocenters. The number of carbonyl (C=O) groups is 1. The van der Waals surface area contributed by atoms with E-state index in [2.05, 4.69) is 0 Å². The lowest BCUT2D eigenvalue weighted by Gasteiger charge is -2.16. The molecule has 3 aromatic rings. The molecule has 0 amide bonds. The van der Waals surface area contributed by atoms with Gasteiger partial charge >= 0.3 is 0 Å². The van der Waals surface area contributed by atoms with Crippen LogP contribution in [0.1, 0.15) is 38.1 Å². The highest BCUT2D eigenvalue weighted by atomic mass is 32.2. The normalized spacial score (nSPS) is 12.7. The maximum Gasteiger partial charge on any atom is 0.216 e. The molecule has 1 unspecified atom stereocenters. The second kappa shape index (κ2) is 7.69. The van der Waals surface area contributed by atoms with Crippen LogP contribution in [-0.2, 0) is 23.5 Å². The summed E-state index contributed by atoms with van der Waals surface area (Å²) in [5.41, 5.74) is 2.78. The minimum atomic E-state index is -3.85. The zero-order valence-electron chi connectivity index (χ0n) is 15.6. The molecule has 0 radical (unpaired) electrons. The maximum absolute atomic E-state index is 13.1. The van der Waals surface area contributed by atoms with Gasteiger partial charge in [-0.1, -0.05) is 30.3 Å². The highest BCUT2D eigenvalue weighted by Gasteiger charge is 2.27. The second-order valence-corrected chi connectivity index (χ2v) is 8.50. The summed E-state index contributed by atoms with van der Waals surface area (Å²) in [6.45, 7) is 1.79. The number of hydrogen-bond acceptors (Lipinski definition) is 3. The van der Waals surface area contributed by atoms with Crippen molar-refractivity contribution in [3.05, 3.63) is 94.6 Å². The molecule has 2 N–H and O–H groups in total. The Bertz CT molecular complexity index is 1100. The standard InChI is InChI=1S/C21H21FN2O3S/c1-14-12-18(13-19(28(23,26)27)15-6-4-3-5-7-15)24(2)20(14)21(25)16-8-10-17(22)11-9-16/h3-12,19H,13H2,1-2H3,(H2,23,26,27). The van der Waals surface area contributed by atoms with Gasteiger partial charge in [-0.05, 0) is 48.4 Å². The van der Waals surface area contributed by atoms with Crippen molar-refractivity contribution in [3.63, 3.8) is 0 Å². The van der Waals surface area contributed by atoms with Gasteiger partial charge in [-0.15, -0.1) is 0 Å². The first kappa shape index (κ1) is 20.0. The zero-order valence-corrected chi connectivity index (χ0v) is 16.4. The van der Waals surface area contributed by atoms with Crippen molar-refractivity contribution >= 4 is 15.8 Å². The van der Waals surface area contributed by atoms with E-state index in [-0.39, 0.29) is 12.2 Å². The average molecular weight is 400 g/mol.